The minimum Gasteiger partial charge on any atom is -0.308 e. The lowest BCUT2D eigenvalue weighted by Crippen LogP contribution is -2.16. The molecular formula is C14H16BrN3. The average molecular weight is 306 g/mol. The standard InChI is InChI=1S/C14H16BrN3/c15-12-3-1-11(2-4-12)10-18-8-7-14(17-18)9-16-13-5-6-13/h1-4,7-8,13,16H,5-6,9-10H2. The van der Waals surface area contributed by atoms with Crippen LogP contribution in [0, 0.1) is 0 Å². The van der Waals surface area contributed by atoms with Crippen LogP contribution in [0.15, 0.2) is 41.0 Å². The maximum Gasteiger partial charge on any atom is 0.0762 e. The van der Waals surface area contributed by atoms with Gasteiger partial charge in [-0.05, 0) is 36.6 Å². The third kappa shape index (κ3) is 3.21. The normalized spacial score (nSPS) is 14.9. The van der Waals surface area contributed by atoms with Crippen molar-refractivity contribution in [3.63, 3.8) is 0 Å². The van der Waals surface area contributed by atoms with Gasteiger partial charge in [-0.1, -0.05) is 28.1 Å². The van der Waals surface area contributed by atoms with Gasteiger partial charge in [0, 0.05) is 23.3 Å². The highest BCUT2D eigenvalue weighted by Gasteiger charge is 2.20. The molecule has 3 nitrogen and oxygen atoms in total. The van der Waals surface area contributed by atoms with Gasteiger partial charge in [-0.3, -0.25) is 4.68 Å². The van der Waals surface area contributed by atoms with Crippen molar-refractivity contribution < 1.29 is 0 Å². The molecular weight excluding hydrogens is 290 g/mol. The number of nitrogens with zero attached hydrogens (tertiary/aromatic N) is 2. The van der Waals surface area contributed by atoms with Crippen LogP contribution >= 0.6 is 15.9 Å². The lowest BCUT2D eigenvalue weighted by molar-refractivity contribution is 0.631. The Labute approximate surface area is 115 Å². The second-order valence-electron chi connectivity index (χ2n) is 4.79. The maximum atomic E-state index is 4.57. The highest BCUT2D eigenvalue weighted by Crippen LogP contribution is 2.19. The number of benzene rings is 1. The van der Waals surface area contributed by atoms with Gasteiger partial charge in [0.1, 0.15) is 0 Å². The van der Waals surface area contributed by atoms with Gasteiger partial charge in [-0.15, -0.1) is 0 Å². The van der Waals surface area contributed by atoms with Gasteiger partial charge < -0.3 is 5.32 Å². The van der Waals surface area contributed by atoms with E-state index < -0.39 is 0 Å². The zero-order chi connectivity index (χ0) is 12.4. The summed E-state index contributed by atoms with van der Waals surface area (Å²) >= 11 is 3.44. The van der Waals surface area contributed by atoms with Crippen molar-refractivity contribution in [3.8, 4) is 0 Å². The van der Waals surface area contributed by atoms with Crippen LogP contribution in [0.25, 0.3) is 0 Å². The molecule has 0 radical (unpaired) electrons. The lowest BCUT2D eigenvalue weighted by atomic mass is 10.2. The number of rotatable bonds is 5. The molecule has 0 spiro atoms. The van der Waals surface area contributed by atoms with Crippen molar-refractivity contribution in [2.75, 3.05) is 0 Å². The Morgan fingerprint density at radius 3 is 2.72 bits per heavy atom. The Hall–Kier alpha value is -1.13. The van der Waals surface area contributed by atoms with Crippen LogP contribution in [0.5, 0.6) is 0 Å². The van der Waals surface area contributed by atoms with Crippen LogP contribution in [0.4, 0.5) is 0 Å². The quantitative estimate of drug-likeness (QED) is 0.920. The Balaban J connectivity index is 1.60. The van der Waals surface area contributed by atoms with Crippen LogP contribution in [0.1, 0.15) is 24.1 Å². The van der Waals surface area contributed by atoms with Crippen LogP contribution in [-0.4, -0.2) is 15.8 Å². The first kappa shape index (κ1) is 11.9. The molecule has 0 unspecified atom stereocenters. The molecule has 1 aliphatic carbocycles. The van der Waals surface area contributed by atoms with E-state index in [1.165, 1.54) is 18.4 Å². The van der Waals surface area contributed by atoms with Gasteiger partial charge in [-0.25, -0.2) is 0 Å². The van der Waals surface area contributed by atoms with Crippen LogP contribution < -0.4 is 5.32 Å². The van der Waals surface area contributed by atoms with Gasteiger partial charge in [0.05, 0.1) is 12.2 Å². The van der Waals surface area contributed by atoms with Gasteiger partial charge in [0.25, 0.3) is 0 Å². The summed E-state index contributed by atoms with van der Waals surface area (Å²) in [7, 11) is 0. The SMILES string of the molecule is Brc1ccc(Cn2ccc(CNC3CC3)n2)cc1. The number of hydrogen-bond acceptors (Lipinski definition) is 2. The molecule has 0 aliphatic heterocycles. The molecule has 0 bridgehead atoms. The van der Waals surface area contributed by atoms with Gasteiger partial charge in [0.2, 0.25) is 0 Å². The minimum absolute atomic E-state index is 0.738. The Kier molecular flexibility index (Phi) is 3.48. The molecule has 1 heterocycles. The monoisotopic (exact) mass is 305 g/mol. The zero-order valence-corrected chi connectivity index (χ0v) is 11.7. The zero-order valence-electron chi connectivity index (χ0n) is 10.1. The summed E-state index contributed by atoms with van der Waals surface area (Å²) in [5, 5.41) is 8.05. The van der Waals surface area contributed by atoms with Gasteiger partial charge >= 0.3 is 0 Å². The van der Waals surface area contributed by atoms with Crippen molar-refractivity contribution in [2.45, 2.75) is 32.0 Å². The number of nitrogens with one attached hydrogen (secondary N) is 1. The first-order valence-corrected chi connectivity index (χ1v) is 7.09. The molecule has 4 heteroatoms. The molecule has 0 amide bonds. The Morgan fingerprint density at radius 2 is 2.00 bits per heavy atom. The molecule has 1 N–H and O–H groups in total. The summed E-state index contributed by atoms with van der Waals surface area (Å²) in [6, 6.07) is 11.2. The average Bonchev–Trinajstić information content (AvgIpc) is 3.10. The van der Waals surface area contributed by atoms with Crippen molar-refractivity contribution in [1.29, 1.82) is 0 Å². The molecule has 1 aliphatic rings. The molecule has 94 valence electrons. The minimum atomic E-state index is 0.738. The summed E-state index contributed by atoms with van der Waals surface area (Å²) in [4.78, 5) is 0. The molecule has 3 rings (SSSR count). The predicted molar refractivity (Wildman–Crippen MR) is 75.3 cm³/mol. The Bertz CT molecular complexity index is 514. The van der Waals surface area contributed by atoms with Gasteiger partial charge in [-0.2, -0.15) is 5.10 Å². The molecule has 2 aromatic rings. The van der Waals surface area contributed by atoms with Crippen molar-refractivity contribution in [2.24, 2.45) is 0 Å². The van der Waals surface area contributed by atoms with E-state index in [0.717, 1.165) is 29.3 Å². The summed E-state index contributed by atoms with van der Waals surface area (Å²) in [6.07, 6.45) is 4.69. The summed E-state index contributed by atoms with van der Waals surface area (Å²) in [5.41, 5.74) is 2.39. The maximum absolute atomic E-state index is 4.57. The van der Waals surface area contributed by atoms with Crippen molar-refractivity contribution in [1.82, 2.24) is 15.1 Å². The van der Waals surface area contributed by atoms with Gasteiger partial charge in [0.15, 0.2) is 0 Å². The first-order chi connectivity index (χ1) is 8.79. The van der Waals surface area contributed by atoms with E-state index in [4.69, 9.17) is 0 Å². The smallest absolute Gasteiger partial charge is 0.0762 e. The van der Waals surface area contributed by atoms with E-state index in [9.17, 15) is 0 Å². The number of halogens is 1. The second kappa shape index (κ2) is 5.24. The molecule has 1 aromatic carbocycles. The lowest BCUT2D eigenvalue weighted by Gasteiger charge is -2.02. The largest absolute Gasteiger partial charge is 0.308 e. The third-order valence-corrected chi connectivity index (χ3v) is 3.63. The third-order valence-electron chi connectivity index (χ3n) is 3.10. The molecule has 18 heavy (non-hydrogen) atoms. The summed E-state index contributed by atoms with van der Waals surface area (Å²) in [5.74, 6) is 0. The second-order valence-corrected chi connectivity index (χ2v) is 5.70. The fourth-order valence-corrected chi connectivity index (χ4v) is 2.16. The van der Waals surface area contributed by atoms with E-state index in [-0.39, 0.29) is 0 Å². The molecule has 1 saturated carbocycles. The fourth-order valence-electron chi connectivity index (χ4n) is 1.90. The van der Waals surface area contributed by atoms with Crippen molar-refractivity contribution >= 4 is 15.9 Å². The van der Waals surface area contributed by atoms with E-state index >= 15 is 0 Å². The molecule has 0 atom stereocenters. The highest BCUT2D eigenvalue weighted by atomic mass is 79.9. The number of aromatic nitrogens is 2. The molecule has 0 saturated heterocycles. The van der Waals surface area contributed by atoms with E-state index in [1.807, 2.05) is 10.9 Å². The van der Waals surface area contributed by atoms with Crippen LogP contribution in [-0.2, 0) is 13.1 Å². The number of hydrogen-bond donors (Lipinski definition) is 1. The van der Waals surface area contributed by atoms with E-state index in [1.54, 1.807) is 0 Å². The van der Waals surface area contributed by atoms with Crippen LogP contribution in [0.3, 0.4) is 0 Å². The predicted octanol–water partition coefficient (Wildman–Crippen LogP) is 2.95. The van der Waals surface area contributed by atoms with E-state index in [2.05, 4.69) is 56.7 Å². The Morgan fingerprint density at radius 1 is 1.22 bits per heavy atom. The van der Waals surface area contributed by atoms with E-state index in [0.29, 0.717) is 0 Å². The van der Waals surface area contributed by atoms with Crippen LogP contribution in [0.2, 0.25) is 0 Å². The van der Waals surface area contributed by atoms with Crippen molar-refractivity contribution in [3.05, 3.63) is 52.3 Å². The highest BCUT2D eigenvalue weighted by molar-refractivity contribution is 9.10. The fraction of sp³-hybridized carbons (Fsp3) is 0.357. The molecule has 1 aromatic heterocycles. The first-order valence-electron chi connectivity index (χ1n) is 6.30. The summed E-state index contributed by atoms with van der Waals surface area (Å²) < 4.78 is 3.11. The molecule has 1 fully saturated rings. The summed E-state index contributed by atoms with van der Waals surface area (Å²) in [6.45, 7) is 1.72. The topological polar surface area (TPSA) is 29.9 Å².